The van der Waals surface area contributed by atoms with E-state index >= 15 is 0 Å². The monoisotopic (exact) mass is 166 g/mol. The molecule has 0 aromatic rings. The smallest absolute Gasteiger partial charge is 0.150 e. The second kappa shape index (κ2) is 2.78. The van der Waals surface area contributed by atoms with Crippen LogP contribution in [0.15, 0.2) is 35.5 Å². The van der Waals surface area contributed by atoms with Gasteiger partial charge in [0.1, 0.15) is 6.10 Å². The van der Waals surface area contributed by atoms with E-state index in [1.54, 1.807) is 11.8 Å². The van der Waals surface area contributed by atoms with E-state index < -0.39 is 0 Å². The van der Waals surface area contributed by atoms with Gasteiger partial charge in [-0.25, -0.2) is 0 Å². The van der Waals surface area contributed by atoms with Gasteiger partial charge in [0.15, 0.2) is 5.09 Å². The summed E-state index contributed by atoms with van der Waals surface area (Å²) in [5.41, 5.74) is 0. The number of hydrogen-bond acceptors (Lipinski definition) is 2. The minimum absolute atomic E-state index is 0.266. The Kier molecular flexibility index (Phi) is 1.78. The van der Waals surface area contributed by atoms with Crippen LogP contribution in [-0.4, -0.2) is 12.4 Å². The molecule has 2 rings (SSSR count). The van der Waals surface area contributed by atoms with Crippen LogP contribution in [0.2, 0.25) is 0 Å². The molecule has 0 saturated carbocycles. The standard InChI is InChI=1S/C9H10OS/c1-11-9-6-7-4-2-3-5-8(7)10-9/h2-8H,1H3. The molecule has 11 heavy (non-hydrogen) atoms. The molecule has 0 saturated heterocycles. The molecular formula is C9H10OS. The molecule has 0 bridgehead atoms. The van der Waals surface area contributed by atoms with Crippen molar-refractivity contribution in [2.24, 2.45) is 5.92 Å². The number of ether oxygens (including phenoxy) is 1. The van der Waals surface area contributed by atoms with Crippen molar-refractivity contribution in [3.8, 4) is 0 Å². The second-order valence-corrected chi connectivity index (χ2v) is 3.43. The topological polar surface area (TPSA) is 9.23 Å². The lowest BCUT2D eigenvalue weighted by Crippen LogP contribution is -2.13. The predicted octanol–water partition coefficient (Wildman–Crippen LogP) is 2.33. The average molecular weight is 166 g/mol. The summed E-state index contributed by atoms with van der Waals surface area (Å²) < 4.78 is 5.60. The summed E-state index contributed by atoms with van der Waals surface area (Å²) in [5, 5.41) is 1.05. The number of allylic oxidation sites excluding steroid dienone is 2. The third kappa shape index (κ3) is 1.23. The van der Waals surface area contributed by atoms with E-state index in [9.17, 15) is 0 Å². The van der Waals surface area contributed by atoms with Gasteiger partial charge in [-0.15, -0.1) is 0 Å². The first-order chi connectivity index (χ1) is 5.40. The van der Waals surface area contributed by atoms with Crippen molar-refractivity contribution in [1.82, 2.24) is 0 Å². The van der Waals surface area contributed by atoms with Crippen molar-refractivity contribution < 1.29 is 4.74 Å². The molecule has 1 nitrogen and oxygen atoms in total. The van der Waals surface area contributed by atoms with Gasteiger partial charge >= 0.3 is 0 Å². The zero-order valence-electron chi connectivity index (χ0n) is 6.36. The Morgan fingerprint density at radius 3 is 2.91 bits per heavy atom. The minimum Gasteiger partial charge on any atom is -0.480 e. The molecule has 2 aliphatic rings. The summed E-state index contributed by atoms with van der Waals surface area (Å²) >= 11 is 1.67. The molecule has 0 aromatic carbocycles. The highest BCUT2D eigenvalue weighted by Crippen LogP contribution is 2.32. The van der Waals surface area contributed by atoms with Gasteiger partial charge in [0.05, 0.1) is 0 Å². The predicted molar refractivity (Wildman–Crippen MR) is 48.2 cm³/mol. The number of rotatable bonds is 1. The highest BCUT2D eigenvalue weighted by atomic mass is 32.2. The molecule has 0 N–H and O–H groups in total. The van der Waals surface area contributed by atoms with Crippen molar-refractivity contribution in [2.45, 2.75) is 6.10 Å². The molecule has 1 aliphatic carbocycles. The Hall–Kier alpha value is -0.630. The summed E-state index contributed by atoms with van der Waals surface area (Å²) in [7, 11) is 0. The van der Waals surface area contributed by atoms with E-state index in [4.69, 9.17) is 4.74 Å². The summed E-state index contributed by atoms with van der Waals surface area (Å²) in [4.78, 5) is 0. The largest absolute Gasteiger partial charge is 0.480 e. The molecule has 2 heteroatoms. The first-order valence-corrected chi connectivity index (χ1v) is 4.90. The van der Waals surface area contributed by atoms with Crippen molar-refractivity contribution in [3.63, 3.8) is 0 Å². The lowest BCUT2D eigenvalue weighted by atomic mass is 10.00. The van der Waals surface area contributed by atoms with Gasteiger partial charge in [-0.2, -0.15) is 0 Å². The van der Waals surface area contributed by atoms with Gasteiger partial charge in [0, 0.05) is 5.92 Å². The fourth-order valence-electron chi connectivity index (χ4n) is 1.32. The van der Waals surface area contributed by atoms with Gasteiger partial charge in [-0.05, 0) is 18.4 Å². The number of fused-ring (bicyclic) bond motifs is 1. The van der Waals surface area contributed by atoms with E-state index in [1.807, 2.05) is 12.3 Å². The Balaban J connectivity index is 2.16. The Morgan fingerprint density at radius 1 is 1.36 bits per heavy atom. The lowest BCUT2D eigenvalue weighted by molar-refractivity contribution is 0.184. The lowest BCUT2D eigenvalue weighted by Gasteiger charge is -2.14. The van der Waals surface area contributed by atoms with Crippen LogP contribution in [0.5, 0.6) is 0 Å². The first-order valence-electron chi connectivity index (χ1n) is 3.67. The van der Waals surface area contributed by atoms with E-state index in [0.717, 1.165) is 5.09 Å². The third-order valence-corrected chi connectivity index (χ3v) is 2.54. The van der Waals surface area contributed by atoms with Crippen LogP contribution in [0.3, 0.4) is 0 Å². The molecule has 0 radical (unpaired) electrons. The van der Waals surface area contributed by atoms with Crippen LogP contribution in [0.4, 0.5) is 0 Å². The average Bonchev–Trinajstić information content (AvgIpc) is 2.46. The number of hydrogen-bond donors (Lipinski definition) is 0. The van der Waals surface area contributed by atoms with Crippen LogP contribution in [0.25, 0.3) is 0 Å². The molecule has 1 heterocycles. The van der Waals surface area contributed by atoms with Gasteiger partial charge in [0.2, 0.25) is 0 Å². The van der Waals surface area contributed by atoms with Gasteiger partial charge < -0.3 is 4.74 Å². The summed E-state index contributed by atoms with van der Waals surface area (Å²) in [6, 6.07) is 0. The quantitative estimate of drug-likeness (QED) is 0.591. The maximum atomic E-state index is 5.60. The van der Waals surface area contributed by atoms with E-state index in [1.165, 1.54) is 0 Å². The van der Waals surface area contributed by atoms with E-state index in [0.29, 0.717) is 5.92 Å². The number of thioether (sulfide) groups is 1. The maximum absolute atomic E-state index is 5.60. The van der Waals surface area contributed by atoms with Gasteiger partial charge in [-0.1, -0.05) is 30.0 Å². The van der Waals surface area contributed by atoms with Crippen LogP contribution < -0.4 is 0 Å². The van der Waals surface area contributed by atoms with Crippen molar-refractivity contribution in [3.05, 3.63) is 35.5 Å². The van der Waals surface area contributed by atoms with Crippen LogP contribution in [0.1, 0.15) is 0 Å². The zero-order chi connectivity index (χ0) is 7.68. The normalized spacial score (nSPS) is 33.0. The maximum Gasteiger partial charge on any atom is 0.150 e. The molecule has 2 unspecified atom stereocenters. The van der Waals surface area contributed by atoms with Crippen molar-refractivity contribution in [1.29, 1.82) is 0 Å². The second-order valence-electron chi connectivity index (χ2n) is 2.62. The molecule has 1 aliphatic heterocycles. The van der Waals surface area contributed by atoms with Crippen molar-refractivity contribution >= 4 is 11.8 Å². The van der Waals surface area contributed by atoms with E-state index in [2.05, 4.69) is 24.3 Å². The van der Waals surface area contributed by atoms with E-state index in [-0.39, 0.29) is 6.10 Å². The zero-order valence-corrected chi connectivity index (χ0v) is 7.17. The molecule has 2 atom stereocenters. The van der Waals surface area contributed by atoms with Crippen LogP contribution in [0, 0.1) is 5.92 Å². The highest BCUT2D eigenvalue weighted by Gasteiger charge is 2.25. The SMILES string of the molecule is CSC1=CC2C=CC=CC2O1. The highest BCUT2D eigenvalue weighted by molar-refractivity contribution is 8.02. The molecule has 0 spiro atoms. The van der Waals surface area contributed by atoms with Crippen molar-refractivity contribution in [2.75, 3.05) is 6.26 Å². The fraction of sp³-hybridized carbons (Fsp3) is 0.333. The van der Waals surface area contributed by atoms with Gasteiger partial charge in [-0.3, -0.25) is 0 Å². The molecule has 0 amide bonds. The minimum atomic E-state index is 0.266. The summed E-state index contributed by atoms with van der Waals surface area (Å²) in [6.07, 6.45) is 12.9. The molecule has 0 fully saturated rings. The van der Waals surface area contributed by atoms with Crippen LogP contribution >= 0.6 is 11.8 Å². The molecule has 58 valence electrons. The first kappa shape index (κ1) is 7.04. The Bertz CT molecular complexity index is 240. The van der Waals surface area contributed by atoms with Gasteiger partial charge in [0.25, 0.3) is 0 Å². The third-order valence-electron chi connectivity index (χ3n) is 1.91. The Labute approximate surface area is 70.8 Å². The fourth-order valence-corrected chi connectivity index (χ4v) is 1.82. The molecule has 0 aromatic heterocycles. The summed E-state index contributed by atoms with van der Waals surface area (Å²) in [6.45, 7) is 0. The van der Waals surface area contributed by atoms with Crippen LogP contribution in [-0.2, 0) is 4.74 Å². The Morgan fingerprint density at radius 2 is 2.18 bits per heavy atom. The summed E-state index contributed by atoms with van der Waals surface area (Å²) in [5.74, 6) is 0.474. The molecular weight excluding hydrogens is 156 g/mol.